The van der Waals surface area contributed by atoms with Crippen molar-refractivity contribution in [2.24, 2.45) is 5.92 Å². The first-order chi connectivity index (χ1) is 19.9. The summed E-state index contributed by atoms with van der Waals surface area (Å²) in [5.41, 5.74) is 1.65. The van der Waals surface area contributed by atoms with Gasteiger partial charge in [0.15, 0.2) is 0 Å². The zero-order chi connectivity index (χ0) is 31.0. The Morgan fingerprint density at radius 1 is 1.00 bits per heavy atom. The molecule has 3 rings (SSSR count). The molecule has 5 N–H and O–H groups in total. The quantitative estimate of drug-likeness (QED) is 0.205. The molecule has 0 radical (unpaired) electrons. The van der Waals surface area contributed by atoms with E-state index in [9.17, 15) is 24.3 Å². The molecule has 0 saturated carbocycles. The second kappa shape index (κ2) is 15.4. The highest BCUT2D eigenvalue weighted by atomic mass is 79.9. The van der Waals surface area contributed by atoms with Crippen LogP contribution in [0, 0.1) is 5.92 Å². The Bertz CT molecular complexity index is 1240. The highest BCUT2D eigenvalue weighted by Gasteiger charge is 2.34. The van der Waals surface area contributed by atoms with Crippen molar-refractivity contribution in [2.75, 3.05) is 0 Å². The van der Waals surface area contributed by atoms with Gasteiger partial charge in [0, 0.05) is 29.4 Å². The van der Waals surface area contributed by atoms with E-state index in [1.165, 1.54) is 0 Å². The van der Waals surface area contributed by atoms with Crippen molar-refractivity contribution in [1.29, 1.82) is 0 Å². The molecule has 1 aromatic carbocycles. The van der Waals surface area contributed by atoms with Crippen molar-refractivity contribution in [3.8, 4) is 0 Å². The Labute approximate surface area is 256 Å². The maximum Gasteiger partial charge on any atom is 0.326 e. The molecule has 1 aliphatic rings. The van der Waals surface area contributed by atoms with E-state index in [0.29, 0.717) is 17.4 Å². The van der Waals surface area contributed by atoms with Gasteiger partial charge in [-0.25, -0.2) is 9.59 Å². The fourth-order valence-corrected chi connectivity index (χ4v) is 6.33. The van der Waals surface area contributed by atoms with Crippen LogP contribution < -0.4 is 16.0 Å². The number of aromatic amines is 1. The highest BCUT2D eigenvalue weighted by Crippen LogP contribution is 2.28. The number of urea groups is 1. The number of unbranched alkanes of at least 4 members (excludes halogenated alkanes) is 1. The van der Waals surface area contributed by atoms with Gasteiger partial charge in [-0.3, -0.25) is 9.59 Å². The number of rotatable bonds is 13. The summed E-state index contributed by atoms with van der Waals surface area (Å²) < 4.78 is 0.677. The standard InChI is InChI=1S/C31H46BrN5O5/c1-6-7-14-24(30(40)41)34-29(39)26(17-22-21-13-8-9-15-23(21)33-27(22)32)35-28(38)25(16-18(2)3)36-31(42)37-19(4)11-10-12-20(37)5/h8-9,13,15,18-20,24-26,33H,6-7,10-12,14,16-17H2,1-5H3,(H,34,39)(H,35,38)(H,36,42)(H,40,41)/t19-,20+,24?,25?,26-/m1/s1. The van der Waals surface area contributed by atoms with E-state index >= 15 is 0 Å². The lowest BCUT2D eigenvalue weighted by Gasteiger charge is -2.39. The lowest BCUT2D eigenvalue weighted by molar-refractivity contribution is -0.142. The number of fused-ring (bicyclic) bond motifs is 1. The summed E-state index contributed by atoms with van der Waals surface area (Å²) in [5.74, 6) is -2.09. The smallest absolute Gasteiger partial charge is 0.326 e. The number of hydrogen-bond acceptors (Lipinski definition) is 4. The van der Waals surface area contributed by atoms with Crippen molar-refractivity contribution in [3.05, 3.63) is 34.4 Å². The number of aromatic nitrogens is 1. The minimum Gasteiger partial charge on any atom is -0.480 e. The van der Waals surface area contributed by atoms with Crippen molar-refractivity contribution in [1.82, 2.24) is 25.8 Å². The number of nitrogens with zero attached hydrogens (tertiary/aromatic N) is 1. The minimum atomic E-state index is -1.12. The van der Waals surface area contributed by atoms with Crippen molar-refractivity contribution < 1.29 is 24.3 Å². The third-order valence-electron chi connectivity index (χ3n) is 8.01. The monoisotopic (exact) mass is 647 g/mol. The number of likely N-dealkylation sites (tertiary alicyclic amines) is 1. The molecule has 42 heavy (non-hydrogen) atoms. The molecule has 2 unspecified atom stereocenters. The van der Waals surface area contributed by atoms with E-state index in [2.05, 4.69) is 36.9 Å². The predicted octanol–water partition coefficient (Wildman–Crippen LogP) is 5.10. The molecule has 1 saturated heterocycles. The topological polar surface area (TPSA) is 144 Å². The van der Waals surface area contributed by atoms with E-state index in [4.69, 9.17) is 0 Å². The Kier molecular flexibility index (Phi) is 12.3. The second-order valence-corrected chi connectivity index (χ2v) is 12.7. The minimum absolute atomic E-state index is 0.0605. The van der Waals surface area contributed by atoms with Gasteiger partial charge in [-0.1, -0.05) is 51.8 Å². The second-order valence-electron chi connectivity index (χ2n) is 11.9. The van der Waals surface area contributed by atoms with Crippen LogP contribution in [0.1, 0.15) is 85.1 Å². The van der Waals surface area contributed by atoms with Crippen LogP contribution in [0.4, 0.5) is 4.79 Å². The number of piperidine rings is 1. The summed E-state index contributed by atoms with van der Waals surface area (Å²) in [5, 5.41) is 19.1. The van der Waals surface area contributed by atoms with Crippen LogP contribution in [-0.2, 0) is 20.8 Å². The van der Waals surface area contributed by atoms with Gasteiger partial charge in [0.2, 0.25) is 11.8 Å². The largest absolute Gasteiger partial charge is 0.480 e. The molecule has 0 bridgehead atoms. The van der Waals surface area contributed by atoms with Crippen molar-refractivity contribution in [2.45, 2.75) is 116 Å². The number of halogens is 1. The molecule has 5 atom stereocenters. The SMILES string of the molecule is CCCCC(NC(=O)[C@@H](Cc1c(Br)[nH]c2ccccc12)NC(=O)C(CC(C)C)NC(=O)N1[C@H](C)CCC[C@@H]1C)C(=O)O. The molecule has 0 spiro atoms. The fourth-order valence-electron chi connectivity index (χ4n) is 5.74. The van der Waals surface area contributed by atoms with Crippen LogP contribution in [0.15, 0.2) is 28.9 Å². The van der Waals surface area contributed by atoms with Crippen LogP contribution >= 0.6 is 15.9 Å². The van der Waals surface area contributed by atoms with E-state index < -0.39 is 35.9 Å². The average Bonchev–Trinajstić information content (AvgIpc) is 3.24. The molecule has 2 aromatic rings. The number of carboxylic acid groups (broad SMARTS) is 1. The molecular weight excluding hydrogens is 602 g/mol. The third kappa shape index (κ3) is 8.72. The summed E-state index contributed by atoms with van der Waals surface area (Å²) in [6.45, 7) is 9.92. The third-order valence-corrected chi connectivity index (χ3v) is 8.69. The van der Waals surface area contributed by atoms with E-state index in [0.717, 1.165) is 42.1 Å². The van der Waals surface area contributed by atoms with Crippen molar-refractivity contribution in [3.63, 3.8) is 0 Å². The summed E-state index contributed by atoms with van der Waals surface area (Å²) in [7, 11) is 0. The number of para-hydroxylation sites is 1. The number of carboxylic acids is 1. The lowest BCUT2D eigenvalue weighted by Crippen LogP contribution is -2.59. The van der Waals surface area contributed by atoms with Crippen molar-refractivity contribution >= 4 is 50.6 Å². The van der Waals surface area contributed by atoms with Gasteiger partial charge in [-0.15, -0.1) is 0 Å². The van der Waals surface area contributed by atoms with E-state index in [-0.39, 0.29) is 36.9 Å². The number of carbonyl (C=O) groups excluding carboxylic acids is 3. The van der Waals surface area contributed by atoms with Gasteiger partial charge in [0.1, 0.15) is 18.1 Å². The van der Waals surface area contributed by atoms with Crippen LogP contribution in [-0.4, -0.2) is 69.0 Å². The van der Waals surface area contributed by atoms with Crippen LogP contribution in [0.5, 0.6) is 0 Å². The maximum absolute atomic E-state index is 13.8. The number of H-pyrrole nitrogens is 1. The zero-order valence-electron chi connectivity index (χ0n) is 25.3. The summed E-state index contributed by atoms with van der Waals surface area (Å²) in [6, 6.07) is 4.45. The molecule has 0 aliphatic carbocycles. The average molecular weight is 649 g/mol. The van der Waals surface area contributed by atoms with Gasteiger partial charge in [-0.05, 0) is 79.4 Å². The van der Waals surface area contributed by atoms with Crippen LogP contribution in [0.2, 0.25) is 0 Å². The van der Waals surface area contributed by atoms with E-state index in [1.54, 1.807) is 0 Å². The lowest BCUT2D eigenvalue weighted by atomic mass is 9.97. The number of carbonyl (C=O) groups is 4. The molecule has 1 aliphatic heterocycles. The zero-order valence-corrected chi connectivity index (χ0v) is 26.9. The first kappa shape index (κ1) is 33.4. The van der Waals surface area contributed by atoms with Gasteiger partial charge >= 0.3 is 12.0 Å². The molecule has 11 heteroatoms. The van der Waals surface area contributed by atoms with Crippen LogP contribution in [0.3, 0.4) is 0 Å². The predicted molar refractivity (Wildman–Crippen MR) is 167 cm³/mol. The molecule has 10 nitrogen and oxygen atoms in total. The summed E-state index contributed by atoms with van der Waals surface area (Å²) in [6.07, 6.45) is 5.07. The maximum atomic E-state index is 13.8. The first-order valence-electron chi connectivity index (χ1n) is 15.1. The molecule has 232 valence electrons. The van der Waals surface area contributed by atoms with Crippen LogP contribution in [0.25, 0.3) is 10.9 Å². The number of aliphatic carboxylic acids is 1. The number of nitrogens with one attached hydrogen (secondary N) is 4. The van der Waals surface area contributed by atoms with Gasteiger partial charge in [0.05, 0.1) is 4.60 Å². The first-order valence-corrected chi connectivity index (χ1v) is 15.9. The fraction of sp³-hybridized carbons (Fsp3) is 0.613. The normalized spacial score (nSPS) is 19.3. The summed E-state index contributed by atoms with van der Waals surface area (Å²) in [4.78, 5) is 57.8. The highest BCUT2D eigenvalue weighted by molar-refractivity contribution is 9.10. The number of benzene rings is 1. The van der Waals surface area contributed by atoms with Gasteiger partial charge < -0.3 is 30.9 Å². The molecule has 1 fully saturated rings. The summed E-state index contributed by atoms with van der Waals surface area (Å²) >= 11 is 3.55. The molecule has 4 amide bonds. The number of hydrogen-bond donors (Lipinski definition) is 5. The Balaban J connectivity index is 1.88. The Morgan fingerprint density at radius 3 is 2.24 bits per heavy atom. The van der Waals surface area contributed by atoms with Gasteiger partial charge in [-0.2, -0.15) is 0 Å². The molecule has 2 heterocycles. The molecular formula is C31H46BrN5O5. The van der Waals surface area contributed by atoms with Gasteiger partial charge in [0.25, 0.3) is 0 Å². The van der Waals surface area contributed by atoms with E-state index in [1.807, 2.05) is 63.8 Å². The molecule has 1 aromatic heterocycles. The Hall–Kier alpha value is -3.08. The Morgan fingerprint density at radius 2 is 1.62 bits per heavy atom. The number of amides is 4.